The molecule has 0 atom stereocenters. The standard InChI is InChI=1S/C5H12O3S.Na/c1-2-3-4-5-9(6,7)8;/h2-5H2,1H3,(H,6,7,8);/q;+1/p-1. The van der Waals surface area contributed by atoms with Gasteiger partial charge in [0.25, 0.3) is 0 Å². The molecule has 0 spiro atoms. The predicted octanol–water partition coefficient (Wildman–Crippen LogP) is -2.27. The van der Waals surface area contributed by atoms with E-state index in [-0.39, 0.29) is 35.3 Å². The molecular formula is C5H11NaO3S. The van der Waals surface area contributed by atoms with Gasteiger partial charge in [-0.2, -0.15) is 0 Å². The van der Waals surface area contributed by atoms with Crippen LogP contribution in [0.15, 0.2) is 0 Å². The topological polar surface area (TPSA) is 57.2 Å². The van der Waals surface area contributed by atoms with Gasteiger partial charge in [-0.15, -0.1) is 0 Å². The van der Waals surface area contributed by atoms with E-state index < -0.39 is 10.1 Å². The van der Waals surface area contributed by atoms with E-state index in [9.17, 15) is 13.0 Å². The maximum Gasteiger partial charge on any atom is 1.00 e. The van der Waals surface area contributed by atoms with E-state index in [1.807, 2.05) is 6.92 Å². The van der Waals surface area contributed by atoms with E-state index in [1.54, 1.807) is 0 Å². The average molecular weight is 174 g/mol. The van der Waals surface area contributed by atoms with Crippen molar-refractivity contribution in [3.05, 3.63) is 0 Å². The monoisotopic (exact) mass is 174 g/mol. The molecule has 0 aromatic rings. The van der Waals surface area contributed by atoms with Gasteiger partial charge in [-0.3, -0.25) is 0 Å². The Hall–Kier alpha value is 0.910. The Balaban J connectivity index is 0. The van der Waals surface area contributed by atoms with E-state index in [1.165, 1.54) is 0 Å². The Morgan fingerprint density at radius 2 is 1.80 bits per heavy atom. The van der Waals surface area contributed by atoms with Gasteiger partial charge in [0.1, 0.15) is 0 Å². The molecule has 0 unspecified atom stereocenters. The summed E-state index contributed by atoms with van der Waals surface area (Å²) in [6.45, 7) is 1.96. The van der Waals surface area contributed by atoms with Gasteiger partial charge in [0, 0.05) is 5.75 Å². The first-order chi connectivity index (χ1) is 4.06. The second-order valence-corrected chi connectivity index (χ2v) is 3.49. The summed E-state index contributed by atoms with van der Waals surface area (Å²) in [7, 11) is -3.95. The van der Waals surface area contributed by atoms with E-state index in [0.717, 1.165) is 12.8 Å². The van der Waals surface area contributed by atoms with Crippen LogP contribution in [0.4, 0.5) is 0 Å². The van der Waals surface area contributed by atoms with Crippen LogP contribution in [0.1, 0.15) is 26.2 Å². The molecule has 3 nitrogen and oxygen atoms in total. The summed E-state index contributed by atoms with van der Waals surface area (Å²) in [6.07, 6.45) is 2.26. The van der Waals surface area contributed by atoms with Crippen molar-refractivity contribution >= 4 is 10.1 Å². The summed E-state index contributed by atoms with van der Waals surface area (Å²) in [6, 6.07) is 0. The van der Waals surface area contributed by atoms with Crippen molar-refractivity contribution in [2.75, 3.05) is 5.75 Å². The number of hydrogen-bond donors (Lipinski definition) is 0. The Labute approximate surface area is 84.2 Å². The van der Waals surface area contributed by atoms with Crippen molar-refractivity contribution in [1.82, 2.24) is 0 Å². The molecule has 0 radical (unpaired) electrons. The van der Waals surface area contributed by atoms with Gasteiger partial charge in [0.15, 0.2) is 0 Å². The van der Waals surface area contributed by atoms with Gasteiger partial charge in [-0.1, -0.05) is 19.8 Å². The van der Waals surface area contributed by atoms with E-state index >= 15 is 0 Å². The molecule has 0 aromatic carbocycles. The summed E-state index contributed by atoms with van der Waals surface area (Å²) in [5, 5.41) is 0. The third kappa shape index (κ3) is 11.7. The van der Waals surface area contributed by atoms with Crippen LogP contribution in [0.3, 0.4) is 0 Å². The molecule has 0 N–H and O–H groups in total. The SMILES string of the molecule is CCCCCS(=O)(=O)[O-].[Na+]. The maximum absolute atomic E-state index is 9.95. The Morgan fingerprint density at radius 3 is 2.10 bits per heavy atom. The minimum Gasteiger partial charge on any atom is -0.748 e. The Morgan fingerprint density at radius 1 is 1.30 bits per heavy atom. The van der Waals surface area contributed by atoms with Gasteiger partial charge >= 0.3 is 29.6 Å². The molecule has 0 aliphatic carbocycles. The van der Waals surface area contributed by atoms with Crippen molar-refractivity contribution in [2.24, 2.45) is 0 Å². The molecule has 0 aromatic heterocycles. The smallest absolute Gasteiger partial charge is 0.748 e. The second kappa shape index (κ2) is 6.61. The molecule has 10 heavy (non-hydrogen) atoms. The van der Waals surface area contributed by atoms with Gasteiger partial charge < -0.3 is 4.55 Å². The third-order valence-electron chi connectivity index (χ3n) is 0.998. The largest absolute Gasteiger partial charge is 1.00 e. The average Bonchev–Trinajstić information content (AvgIpc) is 1.63. The van der Waals surface area contributed by atoms with Crippen molar-refractivity contribution in [3.63, 3.8) is 0 Å². The van der Waals surface area contributed by atoms with Crippen molar-refractivity contribution in [2.45, 2.75) is 26.2 Å². The minimum atomic E-state index is -3.95. The Bertz CT molecular complexity index is 152. The molecule has 0 saturated heterocycles. The first-order valence-electron chi connectivity index (χ1n) is 3.00. The fraction of sp³-hybridized carbons (Fsp3) is 1.00. The first-order valence-corrected chi connectivity index (χ1v) is 4.57. The molecule has 0 amide bonds. The zero-order valence-corrected chi connectivity index (χ0v) is 9.28. The van der Waals surface area contributed by atoms with Crippen LogP contribution in [0.5, 0.6) is 0 Å². The fourth-order valence-electron chi connectivity index (χ4n) is 0.529. The summed E-state index contributed by atoms with van der Waals surface area (Å²) < 4.78 is 29.9. The normalized spacial score (nSPS) is 10.6. The molecule has 0 fully saturated rings. The van der Waals surface area contributed by atoms with E-state index in [2.05, 4.69) is 0 Å². The molecule has 0 bridgehead atoms. The minimum absolute atomic E-state index is 0. The van der Waals surface area contributed by atoms with Crippen LogP contribution in [0, 0.1) is 0 Å². The van der Waals surface area contributed by atoms with Crippen LogP contribution in [0.25, 0.3) is 0 Å². The Kier molecular flexibility index (Phi) is 8.92. The summed E-state index contributed by atoms with van der Waals surface area (Å²) in [5.41, 5.74) is 0. The molecule has 0 aliphatic rings. The fourth-order valence-corrected chi connectivity index (χ4v) is 1.09. The molecule has 0 heterocycles. The number of hydrogen-bond acceptors (Lipinski definition) is 3. The van der Waals surface area contributed by atoms with Crippen LogP contribution in [-0.2, 0) is 10.1 Å². The summed E-state index contributed by atoms with van der Waals surface area (Å²) in [5.74, 6) is -0.208. The zero-order chi connectivity index (χ0) is 7.33. The molecule has 0 rings (SSSR count). The third-order valence-corrected chi connectivity index (χ3v) is 1.79. The quantitative estimate of drug-likeness (QED) is 0.274. The van der Waals surface area contributed by atoms with E-state index in [0.29, 0.717) is 6.42 Å². The van der Waals surface area contributed by atoms with Gasteiger partial charge in [0.2, 0.25) is 0 Å². The van der Waals surface area contributed by atoms with Crippen LogP contribution in [-0.4, -0.2) is 18.7 Å². The number of unbranched alkanes of at least 4 members (excludes halogenated alkanes) is 2. The second-order valence-electron chi connectivity index (χ2n) is 1.97. The zero-order valence-electron chi connectivity index (χ0n) is 6.46. The molecule has 5 heteroatoms. The maximum atomic E-state index is 9.95. The molecule has 56 valence electrons. The van der Waals surface area contributed by atoms with Crippen LogP contribution < -0.4 is 29.6 Å². The number of rotatable bonds is 4. The first kappa shape index (κ1) is 13.5. The summed E-state index contributed by atoms with van der Waals surface area (Å²) >= 11 is 0. The van der Waals surface area contributed by atoms with Crippen LogP contribution >= 0.6 is 0 Å². The molecule has 0 aliphatic heterocycles. The molecular weight excluding hydrogens is 163 g/mol. The van der Waals surface area contributed by atoms with Gasteiger partial charge in [0.05, 0.1) is 10.1 Å². The van der Waals surface area contributed by atoms with Crippen LogP contribution in [0.2, 0.25) is 0 Å². The van der Waals surface area contributed by atoms with Gasteiger partial charge in [-0.25, -0.2) is 8.42 Å². The van der Waals surface area contributed by atoms with Gasteiger partial charge in [-0.05, 0) is 6.42 Å². The van der Waals surface area contributed by atoms with Crippen molar-refractivity contribution in [3.8, 4) is 0 Å². The molecule has 0 saturated carbocycles. The van der Waals surface area contributed by atoms with E-state index in [4.69, 9.17) is 0 Å². The van der Waals surface area contributed by atoms with Crippen molar-refractivity contribution < 1.29 is 42.5 Å². The predicted molar refractivity (Wildman–Crippen MR) is 34.1 cm³/mol. The summed E-state index contributed by atoms with van der Waals surface area (Å²) in [4.78, 5) is 0. The van der Waals surface area contributed by atoms with Crippen molar-refractivity contribution in [1.29, 1.82) is 0 Å².